The maximum atomic E-state index is 12.2. The van der Waals surface area contributed by atoms with Crippen LogP contribution in [0.4, 0.5) is 13.2 Å². The molecule has 0 amide bonds. The van der Waals surface area contributed by atoms with Gasteiger partial charge in [0, 0.05) is 32.1 Å². The Bertz CT molecular complexity index is 367. The zero-order valence-corrected chi connectivity index (χ0v) is 12.1. The topological polar surface area (TPSA) is 40.6 Å². The van der Waals surface area contributed by atoms with Crippen LogP contribution >= 0.6 is 11.6 Å². The Balaban J connectivity index is 2.40. The predicted molar refractivity (Wildman–Crippen MR) is 67.8 cm³/mol. The monoisotopic (exact) mass is 322 g/mol. The van der Waals surface area contributed by atoms with E-state index in [0.717, 1.165) is 0 Å². The lowest BCUT2D eigenvalue weighted by Crippen LogP contribution is -2.51. The van der Waals surface area contributed by atoms with E-state index in [-0.39, 0.29) is 31.9 Å². The number of piperazine rings is 1. The van der Waals surface area contributed by atoms with E-state index in [1.54, 1.807) is 0 Å². The highest BCUT2D eigenvalue weighted by molar-refractivity contribution is 7.89. The highest BCUT2D eigenvalue weighted by atomic mass is 35.5. The van der Waals surface area contributed by atoms with Crippen molar-refractivity contribution in [2.24, 2.45) is 0 Å². The van der Waals surface area contributed by atoms with E-state index in [9.17, 15) is 21.6 Å². The van der Waals surface area contributed by atoms with Crippen molar-refractivity contribution in [1.29, 1.82) is 0 Å². The van der Waals surface area contributed by atoms with Crippen molar-refractivity contribution in [1.82, 2.24) is 9.21 Å². The van der Waals surface area contributed by atoms with Crippen LogP contribution in [0.2, 0.25) is 0 Å². The molecule has 9 heteroatoms. The lowest BCUT2D eigenvalue weighted by Gasteiger charge is -2.34. The lowest BCUT2D eigenvalue weighted by molar-refractivity contribution is -0.148. The fourth-order valence-electron chi connectivity index (χ4n) is 1.93. The molecule has 0 unspecified atom stereocenters. The molecule has 1 heterocycles. The molecule has 0 atom stereocenters. The second-order valence-corrected chi connectivity index (χ2v) is 6.97. The van der Waals surface area contributed by atoms with Crippen molar-refractivity contribution >= 4 is 21.6 Å². The summed E-state index contributed by atoms with van der Waals surface area (Å²) in [5, 5.41) is 0. The van der Waals surface area contributed by atoms with Gasteiger partial charge in [-0.25, -0.2) is 8.42 Å². The smallest absolute Gasteiger partial charge is 0.292 e. The Labute approximate surface area is 116 Å². The van der Waals surface area contributed by atoms with Gasteiger partial charge in [-0.15, -0.1) is 11.6 Å². The molecular weight excluding hydrogens is 305 g/mol. The molecule has 1 saturated heterocycles. The third-order valence-electron chi connectivity index (χ3n) is 2.91. The largest absolute Gasteiger partial charge is 0.401 e. The summed E-state index contributed by atoms with van der Waals surface area (Å²) in [4.78, 5) is 1.23. The van der Waals surface area contributed by atoms with Crippen molar-refractivity contribution in [3.63, 3.8) is 0 Å². The molecule has 0 aromatic carbocycles. The van der Waals surface area contributed by atoms with Gasteiger partial charge in [0.2, 0.25) is 10.0 Å². The van der Waals surface area contributed by atoms with Crippen LogP contribution in [0.1, 0.15) is 12.8 Å². The van der Waals surface area contributed by atoms with Gasteiger partial charge in [0.05, 0.1) is 12.3 Å². The van der Waals surface area contributed by atoms with Crippen LogP contribution < -0.4 is 0 Å². The Morgan fingerprint density at radius 2 is 1.63 bits per heavy atom. The fourth-order valence-corrected chi connectivity index (χ4v) is 3.66. The molecule has 114 valence electrons. The van der Waals surface area contributed by atoms with Gasteiger partial charge in [-0.2, -0.15) is 17.5 Å². The minimum Gasteiger partial charge on any atom is -0.292 e. The molecule has 0 aromatic heterocycles. The highest BCUT2D eigenvalue weighted by Gasteiger charge is 2.34. The number of hydrogen-bond donors (Lipinski definition) is 0. The molecule has 1 aliphatic heterocycles. The number of alkyl halides is 4. The van der Waals surface area contributed by atoms with Crippen molar-refractivity contribution in [3.05, 3.63) is 0 Å². The van der Waals surface area contributed by atoms with Gasteiger partial charge in [-0.3, -0.25) is 4.90 Å². The Morgan fingerprint density at radius 3 is 2.11 bits per heavy atom. The standard InChI is InChI=1S/C10H18ClF3N2O2S/c11-3-1-2-8-19(17,18)16-6-4-15(5-7-16)9-10(12,13)14/h1-9H2. The Morgan fingerprint density at radius 1 is 1.05 bits per heavy atom. The molecule has 1 rings (SSSR count). The number of sulfonamides is 1. The summed E-state index contributed by atoms with van der Waals surface area (Å²) in [7, 11) is -3.36. The lowest BCUT2D eigenvalue weighted by atomic mass is 10.3. The molecule has 0 saturated carbocycles. The third kappa shape index (κ3) is 6.29. The normalized spacial score (nSPS) is 19.8. The maximum absolute atomic E-state index is 12.2. The van der Waals surface area contributed by atoms with Crippen molar-refractivity contribution in [3.8, 4) is 0 Å². The average Bonchev–Trinajstić information content (AvgIpc) is 2.27. The minimum atomic E-state index is -4.23. The zero-order valence-electron chi connectivity index (χ0n) is 10.5. The Kier molecular flexibility index (Phi) is 6.35. The van der Waals surface area contributed by atoms with Crippen LogP contribution in [-0.2, 0) is 10.0 Å². The van der Waals surface area contributed by atoms with E-state index in [1.807, 2.05) is 0 Å². The molecule has 0 spiro atoms. The molecule has 0 N–H and O–H groups in total. The van der Waals surface area contributed by atoms with Gasteiger partial charge in [0.25, 0.3) is 0 Å². The summed E-state index contributed by atoms with van der Waals surface area (Å²) in [6.45, 7) is -0.492. The van der Waals surface area contributed by atoms with Crippen LogP contribution in [0.25, 0.3) is 0 Å². The number of halogens is 4. The molecule has 1 aliphatic rings. The predicted octanol–water partition coefficient (Wildman–Crippen LogP) is 1.52. The summed E-state index contributed by atoms with van der Waals surface area (Å²) in [5.74, 6) is 0.424. The quantitative estimate of drug-likeness (QED) is 0.550. The van der Waals surface area contributed by atoms with Crippen LogP contribution in [-0.4, -0.2) is 68.2 Å². The first-order valence-electron chi connectivity index (χ1n) is 6.07. The van der Waals surface area contributed by atoms with E-state index in [4.69, 9.17) is 11.6 Å². The van der Waals surface area contributed by atoms with E-state index >= 15 is 0 Å². The first kappa shape index (κ1) is 17.0. The second-order valence-electron chi connectivity index (χ2n) is 4.50. The minimum absolute atomic E-state index is 0.0129. The Hall–Kier alpha value is -0.0500. The van der Waals surface area contributed by atoms with Crippen LogP contribution in [0.5, 0.6) is 0 Å². The maximum Gasteiger partial charge on any atom is 0.401 e. The van der Waals surface area contributed by atoms with Gasteiger partial charge < -0.3 is 0 Å². The van der Waals surface area contributed by atoms with Crippen molar-refractivity contribution in [2.75, 3.05) is 44.4 Å². The van der Waals surface area contributed by atoms with Gasteiger partial charge in [-0.05, 0) is 12.8 Å². The average molecular weight is 323 g/mol. The summed E-state index contributed by atoms with van der Waals surface area (Å²) >= 11 is 5.48. The third-order valence-corrected chi connectivity index (χ3v) is 5.14. The number of nitrogens with zero attached hydrogens (tertiary/aromatic N) is 2. The van der Waals surface area contributed by atoms with E-state index < -0.39 is 22.7 Å². The first-order valence-corrected chi connectivity index (χ1v) is 8.22. The van der Waals surface area contributed by atoms with Crippen LogP contribution in [0.15, 0.2) is 0 Å². The van der Waals surface area contributed by atoms with Crippen LogP contribution in [0.3, 0.4) is 0 Å². The molecular formula is C10H18ClF3N2O2S. The molecule has 4 nitrogen and oxygen atoms in total. The number of hydrogen-bond acceptors (Lipinski definition) is 3. The van der Waals surface area contributed by atoms with Crippen molar-refractivity contribution in [2.45, 2.75) is 19.0 Å². The van der Waals surface area contributed by atoms with E-state index in [2.05, 4.69) is 0 Å². The number of rotatable bonds is 6. The molecule has 1 fully saturated rings. The highest BCUT2D eigenvalue weighted by Crippen LogP contribution is 2.18. The molecule has 0 aliphatic carbocycles. The second kappa shape index (κ2) is 7.10. The summed E-state index contributed by atoms with van der Waals surface area (Å²) in [5.41, 5.74) is 0. The molecule has 0 bridgehead atoms. The van der Waals surface area contributed by atoms with Gasteiger partial charge in [0.15, 0.2) is 0 Å². The van der Waals surface area contributed by atoms with E-state index in [1.165, 1.54) is 9.21 Å². The van der Waals surface area contributed by atoms with E-state index in [0.29, 0.717) is 18.7 Å². The van der Waals surface area contributed by atoms with Crippen molar-refractivity contribution < 1.29 is 21.6 Å². The van der Waals surface area contributed by atoms with Crippen LogP contribution in [0, 0.1) is 0 Å². The number of unbranched alkanes of at least 4 members (excludes halogenated alkanes) is 1. The van der Waals surface area contributed by atoms with Gasteiger partial charge in [-0.1, -0.05) is 0 Å². The summed E-state index contributed by atoms with van der Waals surface area (Å²) < 4.78 is 61.6. The molecule has 0 radical (unpaired) electrons. The molecule has 0 aromatic rings. The van der Waals surface area contributed by atoms with Gasteiger partial charge in [0.1, 0.15) is 0 Å². The summed E-state index contributed by atoms with van der Waals surface area (Å²) in [6.07, 6.45) is -3.13. The first-order chi connectivity index (χ1) is 8.74. The van der Waals surface area contributed by atoms with Gasteiger partial charge >= 0.3 is 6.18 Å². The zero-order chi connectivity index (χ0) is 14.5. The molecule has 19 heavy (non-hydrogen) atoms. The summed E-state index contributed by atoms with van der Waals surface area (Å²) in [6, 6.07) is 0. The fraction of sp³-hybridized carbons (Fsp3) is 1.00. The SMILES string of the molecule is O=S(=O)(CCCCCl)N1CCN(CC(F)(F)F)CC1.